The zero-order chi connectivity index (χ0) is 24.0. The fourth-order valence-electron chi connectivity index (χ4n) is 4.76. The van der Waals surface area contributed by atoms with Crippen LogP contribution in [0, 0.1) is 0 Å². The fourth-order valence-corrected chi connectivity index (χ4v) is 4.76. The highest BCUT2D eigenvalue weighted by atomic mass is 16.5. The van der Waals surface area contributed by atoms with Crippen LogP contribution in [-0.2, 0) is 28.8 Å². The number of hydrogen-bond acceptors (Lipinski definition) is 3. The molecule has 5 rings (SSSR count). The van der Waals surface area contributed by atoms with Crippen LogP contribution >= 0.6 is 0 Å². The smallest absolute Gasteiger partial charge is 0.303 e. The third-order valence-electron chi connectivity index (χ3n) is 6.69. The zero-order valence-corrected chi connectivity index (χ0v) is 19.9. The van der Waals surface area contributed by atoms with Crippen LogP contribution in [0.1, 0.15) is 36.0 Å². The second-order valence-corrected chi connectivity index (χ2v) is 9.18. The van der Waals surface area contributed by atoms with Gasteiger partial charge < -0.3 is 19.1 Å². The summed E-state index contributed by atoms with van der Waals surface area (Å²) >= 11 is 0. The van der Waals surface area contributed by atoms with E-state index >= 15 is 0 Å². The minimum atomic E-state index is -0.768. The molecule has 2 heterocycles. The Morgan fingerprint density at radius 2 is 1.69 bits per heavy atom. The van der Waals surface area contributed by atoms with E-state index in [0.717, 1.165) is 61.4 Å². The van der Waals surface area contributed by atoms with Crippen molar-refractivity contribution in [2.24, 2.45) is 0 Å². The van der Waals surface area contributed by atoms with E-state index in [-0.39, 0.29) is 12.5 Å². The Bertz CT molecular complexity index is 1270. The highest BCUT2D eigenvalue weighted by Crippen LogP contribution is 2.29. The van der Waals surface area contributed by atoms with Gasteiger partial charge in [0.2, 0.25) is 0 Å². The van der Waals surface area contributed by atoms with Gasteiger partial charge in [-0.15, -0.1) is 0 Å². The van der Waals surface area contributed by atoms with Crippen molar-refractivity contribution >= 4 is 16.9 Å². The molecule has 0 aliphatic carbocycles. The van der Waals surface area contributed by atoms with Crippen LogP contribution in [0.15, 0.2) is 79.0 Å². The molecule has 35 heavy (non-hydrogen) atoms. The van der Waals surface area contributed by atoms with Gasteiger partial charge in [0.25, 0.3) is 0 Å². The van der Waals surface area contributed by atoms with Crippen LogP contribution in [0.4, 0.5) is 0 Å². The van der Waals surface area contributed by atoms with Gasteiger partial charge in [-0.3, -0.25) is 4.79 Å². The fraction of sp³-hybridized carbons (Fsp3) is 0.300. The lowest BCUT2D eigenvalue weighted by Crippen LogP contribution is -2.25. The van der Waals surface area contributed by atoms with Crippen LogP contribution in [0.2, 0.25) is 0 Å². The Kier molecular flexibility index (Phi) is 7.15. The molecule has 0 saturated carbocycles. The van der Waals surface area contributed by atoms with Crippen molar-refractivity contribution in [3.8, 4) is 11.4 Å². The lowest BCUT2D eigenvalue weighted by atomic mass is 10.0. The van der Waals surface area contributed by atoms with E-state index in [1.165, 1.54) is 16.5 Å². The maximum absolute atomic E-state index is 11.1. The number of rotatable bonds is 9. The topological polar surface area (TPSA) is 60.7 Å². The summed E-state index contributed by atoms with van der Waals surface area (Å²) in [7, 11) is 0. The van der Waals surface area contributed by atoms with Gasteiger partial charge in [0.15, 0.2) is 0 Å². The summed E-state index contributed by atoms with van der Waals surface area (Å²) in [6.07, 6.45) is 6.85. The van der Waals surface area contributed by atoms with Crippen LogP contribution < -0.4 is 4.74 Å². The molecule has 1 fully saturated rings. The van der Waals surface area contributed by atoms with Gasteiger partial charge in [-0.05, 0) is 72.4 Å². The number of fused-ring (bicyclic) bond motifs is 1. The summed E-state index contributed by atoms with van der Waals surface area (Å²) in [5.74, 6) is 0.118. The molecule has 0 amide bonds. The van der Waals surface area contributed by atoms with Gasteiger partial charge in [0, 0.05) is 36.5 Å². The molecular weight excluding hydrogens is 438 g/mol. The summed E-state index contributed by atoms with van der Waals surface area (Å²) in [6.45, 7) is 1.52. The second-order valence-electron chi connectivity index (χ2n) is 9.18. The maximum atomic E-state index is 11.1. The second kappa shape index (κ2) is 10.8. The molecule has 5 nitrogen and oxygen atoms in total. The van der Waals surface area contributed by atoms with E-state index in [4.69, 9.17) is 14.6 Å². The largest absolute Gasteiger partial charge is 0.490 e. The number of hydrogen-bond donors (Lipinski definition) is 1. The Balaban J connectivity index is 1.42. The van der Waals surface area contributed by atoms with Gasteiger partial charge >= 0.3 is 5.97 Å². The molecule has 1 aliphatic heterocycles. The number of carbonyl (C=O) groups is 1. The number of carboxylic acid groups (broad SMARTS) is 1. The van der Waals surface area contributed by atoms with Crippen molar-refractivity contribution in [3.05, 3.63) is 95.7 Å². The average Bonchev–Trinajstić information content (AvgIpc) is 3.26. The van der Waals surface area contributed by atoms with Gasteiger partial charge in [0.1, 0.15) is 11.9 Å². The molecular formula is C30H31NO4. The first-order valence-electron chi connectivity index (χ1n) is 12.4. The Hall–Kier alpha value is -3.57. The van der Waals surface area contributed by atoms with Crippen LogP contribution in [-0.4, -0.2) is 35.0 Å². The number of benzene rings is 3. The standard InChI is InChI=1S/C30H31NO4/c32-30(33)15-8-23-7-14-29-28(20-23)24(9-6-22-4-2-1-3-5-22)21-31(29)25-10-12-26(13-11-25)35-27-16-18-34-19-17-27/h1-5,7,10-14,20-21,27H,6,8-9,15-19H2,(H,32,33). The minimum Gasteiger partial charge on any atom is -0.490 e. The summed E-state index contributed by atoms with van der Waals surface area (Å²) in [5.41, 5.74) is 5.84. The summed E-state index contributed by atoms with van der Waals surface area (Å²) in [6, 6.07) is 25.1. The van der Waals surface area contributed by atoms with Gasteiger partial charge in [-0.25, -0.2) is 0 Å². The molecule has 0 radical (unpaired) electrons. The third kappa shape index (κ3) is 5.75. The summed E-state index contributed by atoms with van der Waals surface area (Å²) in [4.78, 5) is 11.1. The molecule has 4 aromatic rings. The Morgan fingerprint density at radius 3 is 2.43 bits per heavy atom. The first kappa shape index (κ1) is 23.2. The third-order valence-corrected chi connectivity index (χ3v) is 6.69. The van der Waals surface area contributed by atoms with Gasteiger partial charge in [-0.2, -0.15) is 0 Å². The molecule has 0 atom stereocenters. The van der Waals surface area contributed by atoms with E-state index in [1.807, 2.05) is 24.3 Å². The first-order valence-corrected chi connectivity index (χ1v) is 12.4. The van der Waals surface area contributed by atoms with Crippen molar-refractivity contribution in [1.29, 1.82) is 0 Å². The van der Waals surface area contributed by atoms with Crippen molar-refractivity contribution < 1.29 is 19.4 Å². The van der Waals surface area contributed by atoms with Crippen LogP contribution in [0.3, 0.4) is 0 Å². The maximum Gasteiger partial charge on any atom is 0.303 e. The number of aromatic nitrogens is 1. The van der Waals surface area contributed by atoms with Crippen LogP contribution in [0.25, 0.3) is 16.6 Å². The lowest BCUT2D eigenvalue weighted by molar-refractivity contribution is -0.136. The number of carboxylic acids is 1. The summed E-state index contributed by atoms with van der Waals surface area (Å²) in [5, 5.41) is 10.3. The number of nitrogens with zero attached hydrogens (tertiary/aromatic N) is 1. The van der Waals surface area contributed by atoms with E-state index in [2.05, 4.69) is 59.3 Å². The minimum absolute atomic E-state index is 0.139. The van der Waals surface area contributed by atoms with Crippen molar-refractivity contribution in [2.75, 3.05) is 13.2 Å². The Morgan fingerprint density at radius 1 is 0.914 bits per heavy atom. The van der Waals surface area contributed by atoms with Crippen molar-refractivity contribution in [2.45, 2.75) is 44.6 Å². The number of aliphatic carboxylic acids is 1. The molecule has 1 aliphatic rings. The molecule has 1 N–H and O–H groups in total. The number of ether oxygens (including phenoxy) is 2. The zero-order valence-electron chi connectivity index (χ0n) is 19.9. The molecule has 1 aromatic heterocycles. The molecule has 180 valence electrons. The SMILES string of the molecule is O=C(O)CCc1ccc2c(c1)c(CCc1ccccc1)cn2-c1ccc(OC2CCOCC2)cc1. The van der Waals surface area contributed by atoms with Crippen molar-refractivity contribution in [1.82, 2.24) is 4.57 Å². The molecule has 0 spiro atoms. The van der Waals surface area contributed by atoms with E-state index in [0.29, 0.717) is 6.42 Å². The average molecular weight is 470 g/mol. The predicted octanol–water partition coefficient (Wildman–Crippen LogP) is 5.99. The molecule has 5 heteroatoms. The van der Waals surface area contributed by atoms with Gasteiger partial charge in [0.05, 0.1) is 18.7 Å². The predicted molar refractivity (Wildman–Crippen MR) is 138 cm³/mol. The molecule has 0 bridgehead atoms. The quantitative estimate of drug-likeness (QED) is 0.327. The number of aryl methyl sites for hydroxylation is 3. The monoisotopic (exact) mass is 469 g/mol. The van der Waals surface area contributed by atoms with Gasteiger partial charge in [-0.1, -0.05) is 36.4 Å². The summed E-state index contributed by atoms with van der Waals surface area (Å²) < 4.78 is 13.8. The normalized spacial score (nSPS) is 14.3. The highest BCUT2D eigenvalue weighted by molar-refractivity contribution is 5.86. The van der Waals surface area contributed by atoms with Crippen molar-refractivity contribution in [3.63, 3.8) is 0 Å². The Labute approximate surface area is 205 Å². The van der Waals surface area contributed by atoms with E-state index in [1.54, 1.807) is 0 Å². The van der Waals surface area contributed by atoms with E-state index < -0.39 is 5.97 Å². The first-order chi connectivity index (χ1) is 17.2. The lowest BCUT2D eigenvalue weighted by Gasteiger charge is -2.23. The molecule has 1 saturated heterocycles. The molecule has 3 aromatic carbocycles. The highest BCUT2D eigenvalue weighted by Gasteiger charge is 2.16. The molecule has 0 unspecified atom stereocenters. The van der Waals surface area contributed by atoms with Crippen LogP contribution in [0.5, 0.6) is 5.75 Å². The van der Waals surface area contributed by atoms with E-state index in [9.17, 15) is 4.79 Å².